The van der Waals surface area contributed by atoms with Crippen molar-refractivity contribution in [2.75, 3.05) is 13.1 Å². The molecule has 29 heavy (non-hydrogen) atoms. The lowest BCUT2D eigenvalue weighted by molar-refractivity contribution is 0.0664. The van der Waals surface area contributed by atoms with Crippen LogP contribution in [-0.2, 0) is 0 Å². The Morgan fingerprint density at radius 2 is 1.66 bits per heavy atom. The molecule has 2 heterocycles. The van der Waals surface area contributed by atoms with Crippen LogP contribution >= 0.6 is 11.6 Å². The third-order valence-electron chi connectivity index (χ3n) is 6.06. The Bertz CT molecular complexity index is 887. The maximum atomic E-state index is 12.8. The van der Waals surface area contributed by atoms with Gasteiger partial charge in [0.25, 0.3) is 5.56 Å². The highest BCUT2D eigenvalue weighted by atomic mass is 35.5. The van der Waals surface area contributed by atoms with Crippen molar-refractivity contribution < 1.29 is 13.5 Å². The Hall–Kier alpha value is -1.92. The number of rotatable bonds is 5. The van der Waals surface area contributed by atoms with Gasteiger partial charge in [0, 0.05) is 30.9 Å². The second-order valence-electron chi connectivity index (χ2n) is 7.85. The van der Waals surface area contributed by atoms with Crippen molar-refractivity contribution in [2.24, 2.45) is 0 Å². The molecular weight excluding hydrogens is 398 g/mol. The van der Waals surface area contributed by atoms with Gasteiger partial charge in [-0.2, -0.15) is 8.78 Å². The number of hydrogen-bond acceptors (Lipinski definition) is 3. The van der Waals surface area contributed by atoms with E-state index in [9.17, 15) is 13.6 Å². The summed E-state index contributed by atoms with van der Waals surface area (Å²) in [5.74, 6) is 0.769. The maximum absolute atomic E-state index is 12.8. The van der Waals surface area contributed by atoms with Crippen LogP contribution in [0.5, 0.6) is 5.75 Å². The molecule has 156 valence electrons. The zero-order chi connectivity index (χ0) is 20.4. The fourth-order valence-electron chi connectivity index (χ4n) is 4.43. The highest BCUT2D eigenvalue weighted by molar-refractivity contribution is 6.33. The molecule has 1 aromatic carbocycles. The number of nitrogens with zero attached hydrogens (tertiary/aromatic N) is 2. The lowest BCUT2D eigenvalue weighted by Gasteiger charge is -2.36. The Kier molecular flexibility index (Phi) is 6.20. The van der Waals surface area contributed by atoms with Gasteiger partial charge in [0.15, 0.2) is 0 Å². The standard InChI is InChI=1S/C22H25ClF2N2O2/c23-20-19(11-14-27(21(20)28)22(24)25)15-5-7-17(8-6-15)29-18-9-12-26(13-10-18)16-3-1-2-4-16/h5-8,11,14,16,18,22H,1-4,9-10,12-13H2. The molecule has 4 nitrogen and oxygen atoms in total. The number of halogens is 3. The summed E-state index contributed by atoms with van der Waals surface area (Å²) < 4.78 is 32.1. The smallest absolute Gasteiger partial charge is 0.321 e. The van der Waals surface area contributed by atoms with E-state index in [1.165, 1.54) is 31.7 Å². The van der Waals surface area contributed by atoms with E-state index in [1.54, 1.807) is 12.1 Å². The fraction of sp³-hybridized carbons (Fsp3) is 0.500. The van der Waals surface area contributed by atoms with Crippen molar-refractivity contribution in [3.05, 3.63) is 51.9 Å². The van der Waals surface area contributed by atoms with Crippen LogP contribution in [0.25, 0.3) is 11.1 Å². The largest absolute Gasteiger partial charge is 0.490 e. The van der Waals surface area contributed by atoms with Crippen molar-refractivity contribution >= 4 is 11.6 Å². The minimum Gasteiger partial charge on any atom is -0.490 e. The first-order chi connectivity index (χ1) is 14.0. The van der Waals surface area contributed by atoms with E-state index in [-0.39, 0.29) is 11.1 Å². The van der Waals surface area contributed by atoms with Gasteiger partial charge in [-0.05, 0) is 49.4 Å². The van der Waals surface area contributed by atoms with Gasteiger partial charge in [0.2, 0.25) is 0 Å². The van der Waals surface area contributed by atoms with Crippen molar-refractivity contribution in [3.8, 4) is 16.9 Å². The molecule has 0 spiro atoms. The number of ether oxygens (including phenoxy) is 1. The third-order valence-corrected chi connectivity index (χ3v) is 6.42. The van der Waals surface area contributed by atoms with Crippen molar-refractivity contribution in [3.63, 3.8) is 0 Å². The Morgan fingerprint density at radius 3 is 2.28 bits per heavy atom. The van der Waals surface area contributed by atoms with E-state index in [0.717, 1.165) is 43.9 Å². The lowest BCUT2D eigenvalue weighted by atomic mass is 10.0. The van der Waals surface area contributed by atoms with Gasteiger partial charge in [-0.3, -0.25) is 9.36 Å². The van der Waals surface area contributed by atoms with Crippen molar-refractivity contribution in [2.45, 2.75) is 57.2 Å². The Morgan fingerprint density at radius 1 is 1.00 bits per heavy atom. The van der Waals surface area contributed by atoms with Gasteiger partial charge in [-0.1, -0.05) is 36.6 Å². The normalized spacial score (nSPS) is 19.2. The topological polar surface area (TPSA) is 34.5 Å². The average Bonchev–Trinajstić information content (AvgIpc) is 3.26. The van der Waals surface area contributed by atoms with Crippen LogP contribution in [0, 0.1) is 0 Å². The molecule has 0 bridgehead atoms. The summed E-state index contributed by atoms with van der Waals surface area (Å²) in [4.78, 5) is 14.6. The van der Waals surface area contributed by atoms with Crippen molar-refractivity contribution in [1.29, 1.82) is 0 Å². The van der Waals surface area contributed by atoms with E-state index >= 15 is 0 Å². The van der Waals surface area contributed by atoms with Gasteiger partial charge < -0.3 is 9.64 Å². The highest BCUT2D eigenvalue weighted by Gasteiger charge is 2.27. The number of pyridine rings is 1. The summed E-state index contributed by atoms with van der Waals surface area (Å²) >= 11 is 6.04. The first-order valence-electron chi connectivity index (χ1n) is 10.2. The predicted octanol–water partition coefficient (Wildman–Crippen LogP) is 5.35. The Balaban J connectivity index is 1.39. The summed E-state index contributed by atoms with van der Waals surface area (Å²) in [6.07, 6.45) is 8.69. The molecule has 2 aromatic rings. The van der Waals surface area contributed by atoms with E-state index in [4.69, 9.17) is 16.3 Å². The van der Waals surface area contributed by atoms with Gasteiger partial charge in [0.05, 0.1) is 0 Å². The molecule has 7 heteroatoms. The minimum atomic E-state index is -2.91. The molecule has 4 rings (SSSR count). The van der Waals surface area contributed by atoms with Crippen LogP contribution < -0.4 is 10.3 Å². The molecule has 0 unspecified atom stereocenters. The number of hydrogen-bond donors (Lipinski definition) is 0. The number of piperidine rings is 1. The molecule has 2 aliphatic rings. The molecule has 1 aliphatic carbocycles. The Labute approximate surface area is 174 Å². The van der Waals surface area contributed by atoms with Gasteiger partial charge in [-0.15, -0.1) is 0 Å². The molecular formula is C22H25ClF2N2O2. The summed E-state index contributed by atoms with van der Waals surface area (Å²) in [6.45, 7) is -0.739. The summed E-state index contributed by atoms with van der Waals surface area (Å²) in [5, 5.41) is -0.208. The summed E-state index contributed by atoms with van der Waals surface area (Å²) in [6, 6.07) is 9.49. The predicted molar refractivity (Wildman–Crippen MR) is 110 cm³/mol. The van der Waals surface area contributed by atoms with Gasteiger partial charge >= 0.3 is 6.55 Å². The number of benzene rings is 1. The zero-order valence-corrected chi connectivity index (χ0v) is 17.0. The second-order valence-corrected chi connectivity index (χ2v) is 8.23. The first-order valence-corrected chi connectivity index (χ1v) is 10.6. The SMILES string of the molecule is O=c1c(Cl)c(-c2ccc(OC3CCN(C4CCCC4)CC3)cc2)ccn1C(F)F. The molecule has 1 saturated heterocycles. The van der Waals surface area contributed by atoms with Crippen LogP contribution in [0.15, 0.2) is 41.3 Å². The van der Waals surface area contributed by atoms with E-state index in [0.29, 0.717) is 15.7 Å². The third kappa shape index (κ3) is 4.48. The summed E-state index contributed by atoms with van der Waals surface area (Å²) in [7, 11) is 0. The zero-order valence-electron chi connectivity index (χ0n) is 16.2. The van der Waals surface area contributed by atoms with Crippen molar-refractivity contribution in [1.82, 2.24) is 9.47 Å². The molecule has 0 amide bonds. The molecule has 0 N–H and O–H groups in total. The summed E-state index contributed by atoms with van der Waals surface area (Å²) in [5.41, 5.74) is 0.232. The highest BCUT2D eigenvalue weighted by Crippen LogP contribution is 2.30. The van der Waals surface area contributed by atoms with Crippen LogP contribution in [0.3, 0.4) is 0 Å². The van der Waals surface area contributed by atoms with Gasteiger partial charge in [0.1, 0.15) is 16.9 Å². The number of alkyl halides is 2. The number of likely N-dealkylation sites (tertiary alicyclic amines) is 1. The molecule has 1 aromatic heterocycles. The number of aromatic nitrogens is 1. The fourth-order valence-corrected chi connectivity index (χ4v) is 4.70. The lowest BCUT2D eigenvalue weighted by Crippen LogP contribution is -2.43. The average molecular weight is 423 g/mol. The monoisotopic (exact) mass is 422 g/mol. The van der Waals surface area contributed by atoms with Crippen LogP contribution in [0.1, 0.15) is 45.1 Å². The quantitative estimate of drug-likeness (QED) is 0.651. The van der Waals surface area contributed by atoms with Crippen LogP contribution in [-0.4, -0.2) is 34.7 Å². The molecule has 0 atom stereocenters. The molecule has 2 fully saturated rings. The van der Waals surface area contributed by atoms with E-state index < -0.39 is 12.1 Å². The maximum Gasteiger partial charge on any atom is 0.321 e. The molecule has 1 aliphatic heterocycles. The minimum absolute atomic E-state index is 0.206. The second kappa shape index (κ2) is 8.84. The van der Waals surface area contributed by atoms with Gasteiger partial charge in [-0.25, -0.2) is 0 Å². The van der Waals surface area contributed by atoms with E-state index in [2.05, 4.69) is 4.90 Å². The molecule has 0 radical (unpaired) electrons. The molecule has 1 saturated carbocycles. The van der Waals surface area contributed by atoms with Crippen LogP contribution in [0.4, 0.5) is 8.78 Å². The van der Waals surface area contributed by atoms with Crippen LogP contribution in [0.2, 0.25) is 5.02 Å². The first kappa shape index (κ1) is 20.4. The van der Waals surface area contributed by atoms with E-state index in [1.807, 2.05) is 12.1 Å².